The Labute approximate surface area is 141 Å². The van der Waals surface area contributed by atoms with Crippen molar-refractivity contribution >= 4 is 24.2 Å². The number of amides is 2. The average Bonchev–Trinajstić information content (AvgIpc) is 2.90. The third-order valence-electron chi connectivity index (χ3n) is 4.16. The van der Waals surface area contributed by atoms with E-state index >= 15 is 0 Å². The highest BCUT2D eigenvalue weighted by atomic mass is 16.6. The average molecular weight is 339 g/mol. The largest absolute Gasteiger partial charge is 0.467 e. The first-order valence-corrected chi connectivity index (χ1v) is 8.07. The van der Waals surface area contributed by atoms with Crippen molar-refractivity contribution in [3.8, 4) is 0 Å². The molecule has 2 rings (SSSR count). The molecule has 8 heteroatoms. The second-order valence-corrected chi connectivity index (χ2v) is 7.07. The Morgan fingerprint density at radius 2 is 2.12 bits per heavy atom. The zero-order valence-corrected chi connectivity index (χ0v) is 14.6. The van der Waals surface area contributed by atoms with Crippen LogP contribution in [0.5, 0.6) is 0 Å². The van der Waals surface area contributed by atoms with E-state index in [9.17, 15) is 14.4 Å². The van der Waals surface area contributed by atoms with Crippen molar-refractivity contribution in [2.24, 2.45) is 4.99 Å². The van der Waals surface area contributed by atoms with Crippen molar-refractivity contribution in [2.75, 3.05) is 20.2 Å². The third kappa shape index (κ3) is 3.68. The quantitative estimate of drug-likeness (QED) is 0.754. The Bertz CT molecular complexity index is 554. The zero-order valence-electron chi connectivity index (χ0n) is 14.6. The Hall–Kier alpha value is -2.12. The van der Waals surface area contributed by atoms with Gasteiger partial charge in [-0.3, -0.25) is 9.79 Å². The van der Waals surface area contributed by atoms with Gasteiger partial charge in [0.1, 0.15) is 17.2 Å². The highest BCUT2D eigenvalue weighted by molar-refractivity contribution is 5.95. The molecule has 0 radical (unpaired) electrons. The molecule has 0 aromatic carbocycles. The number of nitrogens with zero attached hydrogens (tertiary/aromatic N) is 2. The summed E-state index contributed by atoms with van der Waals surface area (Å²) in [7, 11) is 1.31. The van der Waals surface area contributed by atoms with E-state index in [0.717, 1.165) is 0 Å². The first kappa shape index (κ1) is 18.2. The molecular formula is C16H25N3O5. The second kappa shape index (κ2) is 6.78. The van der Waals surface area contributed by atoms with Crippen LogP contribution in [0.2, 0.25) is 0 Å². The highest BCUT2D eigenvalue weighted by Gasteiger charge is 2.52. The van der Waals surface area contributed by atoms with Gasteiger partial charge in [0.25, 0.3) is 0 Å². The number of carbonyl (C=O) groups excluding carboxylic acids is 3. The van der Waals surface area contributed by atoms with Crippen molar-refractivity contribution in [3.63, 3.8) is 0 Å². The van der Waals surface area contributed by atoms with Crippen molar-refractivity contribution < 1.29 is 23.9 Å². The molecule has 0 unspecified atom stereocenters. The molecule has 2 atom stereocenters. The molecule has 134 valence electrons. The maximum absolute atomic E-state index is 12.9. The number of esters is 1. The highest BCUT2D eigenvalue weighted by Crippen LogP contribution is 2.34. The number of methoxy groups -OCH3 is 1. The second-order valence-electron chi connectivity index (χ2n) is 7.07. The molecule has 0 bridgehead atoms. The molecular weight excluding hydrogens is 314 g/mol. The van der Waals surface area contributed by atoms with E-state index in [1.807, 2.05) is 0 Å². The van der Waals surface area contributed by atoms with E-state index in [4.69, 9.17) is 9.47 Å². The lowest BCUT2D eigenvalue weighted by Gasteiger charge is -2.38. The van der Waals surface area contributed by atoms with Gasteiger partial charge < -0.3 is 19.7 Å². The SMILES string of the molecule is COC(=O)[C@@]12CC=NC[C@@H](NC(=O)OC(C)(C)C)C(=O)N1CCC2. The summed E-state index contributed by atoms with van der Waals surface area (Å²) in [5, 5.41) is 2.56. The van der Waals surface area contributed by atoms with Gasteiger partial charge in [-0.25, -0.2) is 9.59 Å². The number of rotatable bonds is 2. The van der Waals surface area contributed by atoms with Crippen LogP contribution in [0.1, 0.15) is 40.0 Å². The minimum atomic E-state index is -1.02. The summed E-state index contributed by atoms with van der Waals surface area (Å²) in [4.78, 5) is 42.9. The molecule has 0 aromatic rings. The zero-order chi connectivity index (χ0) is 18.0. The van der Waals surface area contributed by atoms with Gasteiger partial charge in [-0.2, -0.15) is 0 Å². The molecule has 1 N–H and O–H groups in total. The number of alkyl carbamates (subject to hydrolysis) is 1. The lowest BCUT2D eigenvalue weighted by Crippen LogP contribution is -2.60. The number of aliphatic imine (C=N–C) groups is 1. The number of fused-ring (bicyclic) bond motifs is 1. The predicted molar refractivity (Wildman–Crippen MR) is 86.8 cm³/mol. The monoisotopic (exact) mass is 339 g/mol. The summed E-state index contributed by atoms with van der Waals surface area (Å²) in [5.74, 6) is -0.779. The fraction of sp³-hybridized carbons (Fsp3) is 0.750. The van der Waals surface area contributed by atoms with Crippen molar-refractivity contribution in [1.29, 1.82) is 0 Å². The van der Waals surface area contributed by atoms with Gasteiger partial charge in [-0.05, 0) is 33.6 Å². The Balaban J connectivity index is 2.20. The Kier molecular flexibility index (Phi) is 5.15. The minimum Gasteiger partial charge on any atom is -0.467 e. The van der Waals surface area contributed by atoms with E-state index in [2.05, 4.69) is 10.3 Å². The molecule has 1 fully saturated rings. The summed E-state index contributed by atoms with van der Waals surface area (Å²) >= 11 is 0. The maximum Gasteiger partial charge on any atom is 0.408 e. The van der Waals surface area contributed by atoms with Crippen LogP contribution in [0.4, 0.5) is 4.79 Å². The summed E-state index contributed by atoms with van der Waals surface area (Å²) in [6.45, 7) is 5.80. The predicted octanol–water partition coefficient (Wildman–Crippen LogP) is 0.888. The van der Waals surface area contributed by atoms with Crippen LogP contribution in [-0.2, 0) is 19.1 Å². The first-order valence-electron chi connectivity index (χ1n) is 8.07. The van der Waals surface area contributed by atoms with Gasteiger partial charge >= 0.3 is 12.1 Å². The lowest BCUT2D eigenvalue weighted by molar-refractivity contribution is -0.159. The van der Waals surface area contributed by atoms with Crippen LogP contribution in [0, 0.1) is 0 Å². The van der Waals surface area contributed by atoms with E-state index in [1.54, 1.807) is 27.0 Å². The fourth-order valence-electron chi connectivity index (χ4n) is 3.12. The summed E-state index contributed by atoms with van der Waals surface area (Å²) in [6, 6.07) is -0.862. The Morgan fingerprint density at radius 1 is 1.42 bits per heavy atom. The van der Waals surface area contributed by atoms with E-state index in [1.165, 1.54) is 12.0 Å². The van der Waals surface area contributed by atoms with Crippen LogP contribution in [0.25, 0.3) is 0 Å². The summed E-state index contributed by atoms with van der Waals surface area (Å²) in [5.41, 5.74) is -1.69. The van der Waals surface area contributed by atoms with Crippen LogP contribution in [-0.4, -0.2) is 66.5 Å². The molecule has 2 aliphatic rings. The van der Waals surface area contributed by atoms with Crippen LogP contribution >= 0.6 is 0 Å². The third-order valence-corrected chi connectivity index (χ3v) is 4.16. The van der Waals surface area contributed by atoms with Gasteiger partial charge in [0.15, 0.2) is 0 Å². The molecule has 0 aromatic heterocycles. The van der Waals surface area contributed by atoms with Crippen molar-refractivity contribution in [1.82, 2.24) is 10.2 Å². The smallest absolute Gasteiger partial charge is 0.408 e. The minimum absolute atomic E-state index is 0.117. The lowest BCUT2D eigenvalue weighted by atomic mass is 9.91. The van der Waals surface area contributed by atoms with E-state index < -0.39 is 29.2 Å². The van der Waals surface area contributed by atoms with E-state index in [0.29, 0.717) is 25.8 Å². The van der Waals surface area contributed by atoms with Crippen molar-refractivity contribution in [3.05, 3.63) is 0 Å². The summed E-state index contributed by atoms with van der Waals surface area (Å²) < 4.78 is 10.1. The molecule has 0 saturated carbocycles. The number of hydrogen-bond donors (Lipinski definition) is 1. The standard InChI is InChI=1S/C16H25N3O5/c1-15(2,3)24-14(22)18-11-10-17-8-7-16(13(21)23-4)6-5-9-19(16)12(11)20/h8,11H,5-7,9-10H2,1-4H3,(H,18,22)/t11-,16-/m1/s1. The molecule has 24 heavy (non-hydrogen) atoms. The number of ether oxygens (including phenoxy) is 2. The van der Waals surface area contributed by atoms with Gasteiger partial charge in [0.2, 0.25) is 5.91 Å². The molecule has 2 amide bonds. The number of hydrogen-bond acceptors (Lipinski definition) is 6. The Morgan fingerprint density at radius 3 is 2.75 bits per heavy atom. The molecule has 8 nitrogen and oxygen atoms in total. The molecule has 0 spiro atoms. The number of carbonyl (C=O) groups is 3. The first-order chi connectivity index (χ1) is 11.2. The van der Waals surface area contributed by atoms with E-state index in [-0.39, 0.29) is 12.5 Å². The molecule has 1 saturated heterocycles. The topological polar surface area (TPSA) is 97.3 Å². The van der Waals surface area contributed by atoms with Crippen LogP contribution in [0.3, 0.4) is 0 Å². The molecule has 2 aliphatic heterocycles. The van der Waals surface area contributed by atoms with Gasteiger partial charge in [0, 0.05) is 19.2 Å². The van der Waals surface area contributed by atoms with Gasteiger partial charge in [-0.1, -0.05) is 0 Å². The normalized spacial score (nSPS) is 27.1. The summed E-state index contributed by atoms with van der Waals surface area (Å²) in [6.07, 6.45) is 2.50. The van der Waals surface area contributed by atoms with Crippen molar-refractivity contribution in [2.45, 2.75) is 57.2 Å². The van der Waals surface area contributed by atoms with Crippen LogP contribution < -0.4 is 5.32 Å². The van der Waals surface area contributed by atoms with Gasteiger partial charge in [-0.15, -0.1) is 0 Å². The van der Waals surface area contributed by atoms with Crippen LogP contribution in [0.15, 0.2) is 4.99 Å². The fourth-order valence-corrected chi connectivity index (χ4v) is 3.12. The molecule has 2 heterocycles. The molecule has 0 aliphatic carbocycles. The van der Waals surface area contributed by atoms with Gasteiger partial charge in [0.05, 0.1) is 13.7 Å². The maximum atomic E-state index is 12.9. The number of nitrogens with one attached hydrogen (secondary N) is 1.